The number of hydrogen-bond donors (Lipinski definition) is 1. The topological polar surface area (TPSA) is 29.5 Å². The fraction of sp³-hybridized carbons (Fsp3) is 0.200. The molecule has 0 aliphatic carbocycles. The van der Waals surface area contributed by atoms with Gasteiger partial charge in [-0.25, -0.2) is 0 Å². The largest absolute Gasteiger partial charge is 0.495 e. The molecule has 1 unspecified atom stereocenters. The van der Waals surface area contributed by atoms with Crippen LogP contribution in [0, 0.1) is 6.92 Å². The van der Waals surface area contributed by atoms with Crippen molar-refractivity contribution in [3.63, 3.8) is 0 Å². The monoisotopic (exact) mass is 330 g/mol. The number of rotatable bonds is 3. The van der Waals surface area contributed by atoms with Crippen LogP contribution in [0.15, 0.2) is 30.3 Å². The molecule has 0 aliphatic heterocycles. The summed E-state index contributed by atoms with van der Waals surface area (Å²) in [5.41, 5.74) is 1.97. The number of benzene rings is 2. The van der Waals surface area contributed by atoms with E-state index in [0.29, 0.717) is 31.9 Å². The second-order valence-corrected chi connectivity index (χ2v) is 5.58. The minimum atomic E-state index is -0.946. The van der Waals surface area contributed by atoms with Crippen molar-refractivity contribution in [2.45, 2.75) is 13.0 Å². The summed E-state index contributed by atoms with van der Waals surface area (Å²) in [7, 11) is 1.51. The summed E-state index contributed by atoms with van der Waals surface area (Å²) < 4.78 is 5.09. The molecule has 0 amide bonds. The van der Waals surface area contributed by atoms with Crippen LogP contribution < -0.4 is 4.74 Å². The lowest BCUT2D eigenvalue weighted by Crippen LogP contribution is -2.03. The fourth-order valence-electron chi connectivity index (χ4n) is 1.96. The van der Waals surface area contributed by atoms with Crippen molar-refractivity contribution in [3.05, 3.63) is 62.1 Å². The van der Waals surface area contributed by atoms with Crippen LogP contribution in [0.2, 0.25) is 15.1 Å². The molecule has 20 heavy (non-hydrogen) atoms. The van der Waals surface area contributed by atoms with E-state index >= 15 is 0 Å². The average Bonchev–Trinajstić information content (AvgIpc) is 2.43. The third kappa shape index (κ3) is 2.89. The van der Waals surface area contributed by atoms with Gasteiger partial charge in [-0.05, 0) is 18.6 Å². The van der Waals surface area contributed by atoms with Crippen molar-refractivity contribution < 1.29 is 9.84 Å². The van der Waals surface area contributed by atoms with Crippen LogP contribution in [0.25, 0.3) is 0 Å². The van der Waals surface area contributed by atoms with Gasteiger partial charge in [0.25, 0.3) is 0 Å². The molecule has 0 aromatic heterocycles. The molecule has 0 spiro atoms. The first kappa shape index (κ1) is 15.5. The first-order valence-electron chi connectivity index (χ1n) is 5.91. The van der Waals surface area contributed by atoms with Crippen LogP contribution in [0.4, 0.5) is 0 Å². The molecule has 0 saturated carbocycles. The number of ether oxygens (including phenoxy) is 1. The van der Waals surface area contributed by atoms with E-state index in [1.807, 2.05) is 19.1 Å². The lowest BCUT2D eigenvalue weighted by molar-refractivity contribution is 0.220. The van der Waals surface area contributed by atoms with E-state index in [1.54, 1.807) is 18.2 Å². The first-order valence-corrected chi connectivity index (χ1v) is 7.05. The van der Waals surface area contributed by atoms with E-state index in [2.05, 4.69) is 0 Å². The van der Waals surface area contributed by atoms with Crippen molar-refractivity contribution >= 4 is 34.8 Å². The van der Waals surface area contributed by atoms with Gasteiger partial charge in [-0.3, -0.25) is 0 Å². The standard InChI is InChI=1S/C15H13Cl3O2/c1-8-4-3-5-9(14(8)18)15(19)10-6-12(17)13(20-2)7-11(10)16/h3-7,15,19H,1-2H3. The summed E-state index contributed by atoms with van der Waals surface area (Å²) in [6.45, 7) is 1.88. The molecule has 0 bridgehead atoms. The van der Waals surface area contributed by atoms with Crippen molar-refractivity contribution in [2.24, 2.45) is 0 Å². The van der Waals surface area contributed by atoms with Gasteiger partial charge >= 0.3 is 0 Å². The Kier molecular flexibility index (Phi) is 4.82. The number of aliphatic hydroxyl groups excluding tert-OH is 1. The molecule has 0 aliphatic rings. The predicted molar refractivity (Wildman–Crippen MR) is 83.3 cm³/mol. The average molecular weight is 332 g/mol. The third-order valence-corrected chi connectivity index (χ3v) is 4.22. The summed E-state index contributed by atoms with van der Waals surface area (Å²) >= 11 is 18.5. The maximum absolute atomic E-state index is 10.5. The van der Waals surface area contributed by atoms with Gasteiger partial charge in [0.15, 0.2) is 0 Å². The Hall–Kier alpha value is -0.930. The van der Waals surface area contributed by atoms with Crippen molar-refractivity contribution in [1.29, 1.82) is 0 Å². The van der Waals surface area contributed by atoms with Crippen LogP contribution in [0.3, 0.4) is 0 Å². The summed E-state index contributed by atoms with van der Waals surface area (Å²) in [6, 6.07) is 8.63. The lowest BCUT2D eigenvalue weighted by atomic mass is 9.99. The van der Waals surface area contributed by atoms with E-state index in [1.165, 1.54) is 7.11 Å². The zero-order chi connectivity index (χ0) is 14.9. The van der Waals surface area contributed by atoms with Gasteiger partial charge in [0, 0.05) is 22.2 Å². The molecule has 1 atom stereocenters. The first-order chi connectivity index (χ1) is 9.45. The predicted octanol–water partition coefficient (Wildman–Crippen LogP) is 5.05. The molecule has 0 heterocycles. The van der Waals surface area contributed by atoms with E-state index in [4.69, 9.17) is 39.5 Å². The molecular formula is C15H13Cl3O2. The molecule has 106 valence electrons. The summed E-state index contributed by atoms with van der Waals surface area (Å²) in [6.07, 6.45) is -0.946. The summed E-state index contributed by atoms with van der Waals surface area (Å²) in [5, 5.41) is 11.8. The Morgan fingerprint density at radius 2 is 1.75 bits per heavy atom. The van der Waals surface area contributed by atoms with Crippen molar-refractivity contribution in [1.82, 2.24) is 0 Å². The van der Waals surface area contributed by atoms with Crippen LogP contribution in [0.5, 0.6) is 5.75 Å². The van der Waals surface area contributed by atoms with Gasteiger partial charge in [-0.2, -0.15) is 0 Å². The van der Waals surface area contributed by atoms with Crippen molar-refractivity contribution in [2.75, 3.05) is 7.11 Å². The second kappa shape index (κ2) is 6.23. The number of halogens is 3. The third-order valence-electron chi connectivity index (χ3n) is 3.08. The van der Waals surface area contributed by atoms with Gasteiger partial charge in [0.2, 0.25) is 0 Å². The molecular weight excluding hydrogens is 319 g/mol. The molecule has 5 heteroatoms. The van der Waals surface area contributed by atoms with Crippen LogP contribution in [-0.4, -0.2) is 12.2 Å². The zero-order valence-electron chi connectivity index (χ0n) is 11.0. The van der Waals surface area contributed by atoms with E-state index < -0.39 is 6.10 Å². The molecule has 2 aromatic rings. The van der Waals surface area contributed by atoms with Gasteiger partial charge in [-0.1, -0.05) is 53.0 Å². The number of methoxy groups -OCH3 is 1. The van der Waals surface area contributed by atoms with Crippen LogP contribution in [0.1, 0.15) is 22.8 Å². The van der Waals surface area contributed by atoms with E-state index in [9.17, 15) is 5.11 Å². The molecule has 0 saturated heterocycles. The number of hydrogen-bond acceptors (Lipinski definition) is 2. The molecule has 2 rings (SSSR count). The minimum Gasteiger partial charge on any atom is -0.495 e. The van der Waals surface area contributed by atoms with Crippen molar-refractivity contribution in [3.8, 4) is 5.75 Å². The normalized spacial score (nSPS) is 12.3. The van der Waals surface area contributed by atoms with Gasteiger partial charge in [0.05, 0.1) is 17.2 Å². The minimum absolute atomic E-state index is 0.372. The molecule has 0 radical (unpaired) electrons. The molecule has 2 nitrogen and oxygen atoms in total. The highest BCUT2D eigenvalue weighted by molar-refractivity contribution is 6.35. The second-order valence-electron chi connectivity index (χ2n) is 4.39. The maximum Gasteiger partial charge on any atom is 0.138 e. The molecule has 1 N–H and O–H groups in total. The smallest absolute Gasteiger partial charge is 0.138 e. The Morgan fingerprint density at radius 1 is 1.05 bits per heavy atom. The Morgan fingerprint density at radius 3 is 2.40 bits per heavy atom. The van der Waals surface area contributed by atoms with Gasteiger partial charge < -0.3 is 9.84 Å². The lowest BCUT2D eigenvalue weighted by Gasteiger charge is -2.17. The fourth-order valence-corrected chi connectivity index (χ4v) is 2.69. The molecule has 0 fully saturated rings. The number of aliphatic hydroxyl groups is 1. The van der Waals surface area contributed by atoms with E-state index in [0.717, 1.165) is 5.56 Å². The summed E-state index contributed by atoms with van der Waals surface area (Å²) in [5.74, 6) is 0.461. The molecule has 2 aromatic carbocycles. The Balaban J connectivity index is 2.51. The maximum atomic E-state index is 10.5. The quantitative estimate of drug-likeness (QED) is 0.853. The zero-order valence-corrected chi connectivity index (χ0v) is 13.2. The van der Waals surface area contributed by atoms with E-state index in [-0.39, 0.29) is 0 Å². The van der Waals surface area contributed by atoms with Crippen LogP contribution in [-0.2, 0) is 0 Å². The highest BCUT2D eigenvalue weighted by atomic mass is 35.5. The highest BCUT2D eigenvalue weighted by Gasteiger charge is 2.19. The highest BCUT2D eigenvalue weighted by Crippen LogP contribution is 2.38. The number of aryl methyl sites for hydroxylation is 1. The Bertz CT molecular complexity index is 641. The van der Waals surface area contributed by atoms with Crippen LogP contribution >= 0.6 is 34.8 Å². The summed E-state index contributed by atoms with van der Waals surface area (Å²) in [4.78, 5) is 0. The SMILES string of the molecule is COc1cc(Cl)c(C(O)c2cccc(C)c2Cl)cc1Cl. The van der Waals surface area contributed by atoms with Gasteiger partial charge in [0.1, 0.15) is 11.9 Å². The Labute approximate surface area is 132 Å². The van der Waals surface area contributed by atoms with Gasteiger partial charge in [-0.15, -0.1) is 0 Å².